The number of rotatable bonds is 2. The summed E-state index contributed by atoms with van der Waals surface area (Å²) in [6.07, 6.45) is 3.52. The SMILES string of the molecule is CC(=O)c1nn(-c2ccc(C)cc2)c2nc3ncc4c(c3c(=O)n12)-c1ccccc1CC4. The maximum Gasteiger partial charge on any atom is 0.271 e. The van der Waals surface area contributed by atoms with E-state index in [2.05, 4.69) is 16.1 Å². The van der Waals surface area contributed by atoms with Gasteiger partial charge in [-0.05, 0) is 48.6 Å². The van der Waals surface area contributed by atoms with Gasteiger partial charge in [0.25, 0.3) is 5.56 Å². The number of pyridine rings is 1. The molecule has 3 heterocycles. The lowest BCUT2D eigenvalue weighted by molar-refractivity contribution is 0.100. The van der Waals surface area contributed by atoms with Gasteiger partial charge >= 0.3 is 0 Å². The Kier molecular flexibility index (Phi) is 3.89. The Hall–Kier alpha value is -4.13. The number of hydrogen-bond acceptors (Lipinski definition) is 5. The number of aryl methyl sites for hydroxylation is 3. The second kappa shape index (κ2) is 6.68. The second-order valence-corrected chi connectivity index (χ2v) is 8.19. The molecule has 0 saturated carbocycles. The number of hydrogen-bond donors (Lipinski definition) is 0. The standard InChI is InChI=1S/C25H19N5O2/c1-14-7-11-18(12-8-14)30-25-27-22-21(24(32)29(25)23(28-30)15(2)31)20-17(13-26-22)10-9-16-5-3-4-6-19(16)20/h3-8,11-13H,9-10H2,1-2H3. The molecule has 1 aliphatic carbocycles. The fourth-order valence-corrected chi connectivity index (χ4v) is 4.53. The molecule has 32 heavy (non-hydrogen) atoms. The number of carbonyl (C=O) groups is 1. The van der Waals surface area contributed by atoms with Crippen LogP contribution in [0, 0.1) is 6.92 Å². The Morgan fingerprint density at radius 2 is 1.75 bits per heavy atom. The van der Waals surface area contributed by atoms with Crippen LogP contribution in [0.5, 0.6) is 0 Å². The van der Waals surface area contributed by atoms with E-state index in [0.29, 0.717) is 11.0 Å². The predicted octanol–water partition coefficient (Wildman–Crippen LogP) is 3.71. The molecule has 0 amide bonds. The van der Waals surface area contributed by atoms with E-state index in [1.165, 1.54) is 21.6 Å². The first kappa shape index (κ1) is 18.6. The van der Waals surface area contributed by atoms with E-state index >= 15 is 0 Å². The average molecular weight is 421 g/mol. The molecule has 0 saturated heterocycles. The predicted molar refractivity (Wildman–Crippen MR) is 121 cm³/mol. The third-order valence-electron chi connectivity index (χ3n) is 6.10. The van der Waals surface area contributed by atoms with Crippen molar-refractivity contribution in [2.75, 3.05) is 0 Å². The smallest absolute Gasteiger partial charge is 0.271 e. The molecule has 0 radical (unpaired) electrons. The van der Waals surface area contributed by atoms with Gasteiger partial charge in [0.1, 0.15) is 0 Å². The Labute approximate surface area is 183 Å². The Bertz CT molecular complexity index is 1630. The van der Waals surface area contributed by atoms with E-state index in [1.807, 2.05) is 55.6 Å². The van der Waals surface area contributed by atoms with Crippen LogP contribution in [0.15, 0.2) is 59.5 Å². The van der Waals surface area contributed by atoms with Gasteiger partial charge in [-0.2, -0.15) is 9.67 Å². The topological polar surface area (TPSA) is 82.2 Å². The summed E-state index contributed by atoms with van der Waals surface area (Å²) < 4.78 is 2.86. The lowest BCUT2D eigenvalue weighted by atomic mass is 9.85. The molecule has 0 fully saturated rings. The summed E-state index contributed by atoms with van der Waals surface area (Å²) in [6, 6.07) is 15.8. The van der Waals surface area contributed by atoms with Crippen LogP contribution in [0.2, 0.25) is 0 Å². The molecule has 0 unspecified atom stereocenters. The van der Waals surface area contributed by atoms with Crippen LogP contribution in [0.1, 0.15) is 34.2 Å². The number of benzene rings is 2. The molecule has 6 rings (SSSR count). The van der Waals surface area contributed by atoms with Crippen molar-refractivity contribution in [3.05, 3.63) is 87.6 Å². The van der Waals surface area contributed by atoms with Crippen molar-refractivity contribution in [1.29, 1.82) is 0 Å². The van der Waals surface area contributed by atoms with Crippen molar-refractivity contribution < 1.29 is 4.79 Å². The highest BCUT2D eigenvalue weighted by molar-refractivity contribution is 5.97. The Morgan fingerprint density at radius 3 is 2.53 bits per heavy atom. The van der Waals surface area contributed by atoms with Gasteiger partial charge in [0, 0.05) is 18.7 Å². The van der Waals surface area contributed by atoms with Crippen molar-refractivity contribution in [3.8, 4) is 16.8 Å². The molecule has 7 nitrogen and oxygen atoms in total. The van der Waals surface area contributed by atoms with E-state index in [1.54, 1.807) is 0 Å². The lowest BCUT2D eigenvalue weighted by Gasteiger charge is -2.20. The van der Waals surface area contributed by atoms with Crippen molar-refractivity contribution in [1.82, 2.24) is 24.1 Å². The Morgan fingerprint density at radius 1 is 1.00 bits per heavy atom. The first-order chi connectivity index (χ1) is 15.5. The summed E-state index contributed by atoms with van der Waals surface area (Å²) in [5.41, 5.74) is 5.94. The molecule has 0 bridgehead atoms. The third-order valence-corrected chi connectivity index (χ3v) is 6.10. The number of ketones is 1. The van der Waals surface area contributed by atoms with Crippen LogP contribution >= 0.6 is 0 Å². The summed E-state index contributed by atoms with van der Waals surface area (Å²) >= 11 is 0. The summed E-state index contributed by atoms with van der Waals surface area (Å²) in [7, 11) is 0. The third kappa shape index (κ3) is 2.57. The van der Waals surface area contributed by atoms with Crippen LogP contribution in [0.3, 0.4) is 0 Å². The first-order valence-corrected chi connectivity index (χ1v) is 10.5. The summed E-state index contributed by atoms with van der Waals surface area (Å²) in [6.45, 7) is 3.40. The van der Waals surface area contributed by atoms with Gasteiger partial charge in [-0.15, -0.1) is 5.10 Å². The van der Waals surface area contributed by atoms with Crippen LogP contribution in [0.4, 0.5) is 0 Å². The molecule has 7 heteroatoms. The minimum atomic E-state index is -0.324. The van der Waals surface area contributed by atoms with E-state index in [9.17, 15) is 9.59 Å². The van der Waals surface area contributed by atoms with Crippen LogP contribution in [-0.4, -0.2) is 29.9 Å². The van der Waals surface area contributed by atoms with Crippen LogP contribution in [-0.2, 0) is 12.8 Å². The zero-order valence-corrected chi connectivity index (χ0v) is 17.7. The number of aromatic nitrogens is 5. The molecular formula is C25H19N5O2. The molecule has 0 aliphatic heterocycles. The Balaban J connectivity index is 1.76. The van der Waals surface area contributed by atoms with Gasteiger partial charge in [-0.25, -0.2) is 9.38 Å². The molecule has 1 aliphatic rings. The molecule has 0 spiro atoms. The van der Waals surface area contributed by atoms with Gasteiger partial charge in [0.15, 0.2) is 11.4 Å². The van der Waals surface area contributed by atoms with E-state index < -0.39 is 0 Å². The van der Waals surface area contributed by atoms with Crippen molar-refractivity contribution >= 4 is 22.6 Å². The minimum absolute atomic E-state index is 0.0571. The monoisotopic (exact) mass is 421 g/mol. The molecule has 0 N–H and O–H groups in total. The number of Topliss-reactive ketones (excluding diaryl/α,β-unsaturated/α-hetero) is 1. The maximum atomic E-state index is 13.9. The quantitative estimate of drug-likeness (QED) is 0.406. The highest BCUT2D eigenvalue weighted by atomic mass is 16.1. The van der Waals surface area contributed by atoms with Crippen LogP contribution in [0.25, 0.3) is 33.6 Å². The largest absolute Gasteiger partial charge is 0.291 e. The first-order valence-electron chi connectivity index (χ1n) is 10.5. The van der Waals surface area contributed by atoms with Gasteiger partial charge in [0.2, 0.25) is 11.6 Å². The maximum absolute atomic E-state index is 13.9. The molecule has 5 aromatic rings. The fourth-order valence-electron chi connectivity index (χ4n) is 4.53. The molecule has 156 valence electrons. The zero-order chi connectivity index (χ0) is 22.0. The molecular weight excluding hydrogens is 402 g/mol. The minimum Gasteiger partial charge on any atom is -0.291 e. The van der Waals surface area contributed by atoms with Crippen molar-refractivity contribution in [2.24, 2.45) is 0 Å². The average Bonchev–Trinajstić information content (AvgIpc) is 3.19. The van der Waals surface area contributed by atoms with Crippen molar-refractivity contribution in [3.63, 3.8) is 0 Å². The normalized spacial score (nSPS) is 12.7. The molecule has 0 atom stereocenters. The van der Waals surface area contributed by atoms with Crippen LogP contribution < -0.4 is 5.56 Å². The van der Waals surface area contributed by atoms with Crippen molar-refractivity contribution in [2.45, 2.75) is 26.7 Å². The summed E-state index contributed by atoms with van der Waals surface area (Å²) in [5, 5.41) is 4.90. The summed E-state index contributed by atoms with van der Waals surface area (Å²) in [5.74, 6) is 0.0250. The highest BCUT2D eigenvalue weighted by Gasteiger charge is 2.25. The highest BCUT2D eigenvalue weighted by Crippen LogP contribution is 2.36. The summed E-state index contributed by atoms with van der Waals surface area (Å²) in [4.78, 5) is 35.6. The number of nitrogens with zero attached hydrogens (tertiary/aromatic N) is 5. The van der Waals surface area contributed by atoms with E-state index in [-0.39, 0.29) is 22.9 Å². The lowest BCUT2D eigenvalue weighted by Crippen LogP contribution is -2.21. The number of fused-ring (bicyclic) bond motifs is 6. The van der Waals surface area contributed by atoms with E-state index in [4.69, 9.17) is 4.98 Å². The molecule has 3 aromatic heterocycles. The van der Waals surface area contributed by atoms with E-state index in [0.717, 1.165) is 40.8 Å². The fraction of sp³-hybridized carbons (Fsp3) is 0.160. The molecule has 2 aromatic carbocycles. The zero-order valence-electron chi connectivity index (χ0n) is 17.7. The van der Waals surface area contributed by atoms with Gasteiger partial charge in [-0.3, -0.25) is 9.59 Å². The second-order valence-electron chi connectivity index (χ2n) is 8.19. The van der Waals surface area contributed by atoms with Gasteiger partial charge < -0.3 is 0 Å². The number of carbonyl (C=O) groups excluding carboxylic acids is 1. The van der Waals surface area contributed by atoms with Gasteiger partial charge in [0.05, 0.1) is 11.1 Å². The van der Waals surface area contributed by atoms with Gasteiger partial charge in [-0.1, -0.05) is 42.0 Å².